The van der Waals surface area contributed by atoms with Crippen LogP contribution >= 0.6 is 11.6 Å². The first-order chi connectivity index (χ1) is 12.9. The van der Waals surface area contributed by atoms with Crippen LogP contribution in [0.5, 0.6) is 5.75 Å². The van der Waals surface area contributed by atoms with Crippen molar-refractivity contribution in [1.29, 1.82) is 0 Å². The topological polar surface area (TPSA) is 46.0 Å². The molecule has 2 aromatic rings. The van der Waals surface area contributed by atoms with Gasteiger partial charge in [0.15, 0.2) is 6.10 Å². The fourth-order valence-electron chi connectivity index (χ4n) is 3.19. The normalized spacial score (nSPS) is 16.1. The molecule has 0 aromatic heterocycles. The SMILES string of the molecule is Cc1cccc(O[C@H](C)C(=O)Nc2cc(Cl)ccc2N2CC[NH+](C)CC2)c1. The lowest BCUT2D eigenvalue weighted by molar-refractivity contribution is -0.880. The minimum absolute atomic E-state index is 0.195. The quantitative estimate of drug-likeness (QED) is 0.826. The van der Waals surface area contributed by atoms with Crippen LogP contribution in [0.4, 0.5) is 11.4 Å². The van der Waals surface area contributed by atoms with Gasteiger partial charge in [0, 0.05) is 5.02 Å². The molecule has 2 aromatic carbocycles. The van der Waals surface area contributed by atoms with Gasteiger partial charge < -0.3 is 19.9 Å². The Labute approximate surface area is 165 Å². The molecular formula is C21H27ClN3O2+. The molecule has 1 amide bonds. The van der Waals surface area contributed by atoms with E-state index in [4.69, 9.17) is 16.3 Å². The lowest BCUT2D eigenvalue weighted by atomic mass is 10.2. The van der Waals surface area contributed by atoms with Gasteiger partial charge in [-0.1, -0.05) is 23.7 Å². The number of hydrogen-bond donors (Lipinski definition) is 2. The predicted octanol–water partition coefficient (Wildman–Crippen LogP) is 2.39. The molecule has 1 fully saturated rings. The van der Waals surface area contributed by atoms with Gasteiger partial charge in [0.25, 0.3) is 5.91 Å². The van der Waals surface area contributed by atoms with Crippen molar-refractivity contribution in [2.45, 2.75) is 20.0 Å². The van der Waals surface area contributed by atoms with Crippen LogP contribution in [0, 0.1) is 6.92 Å². The molecule has 0 aliphatic carbocycles. The Hall–Kier alpha value is -2.24. The van der Waals surface area contributed by atoms with Gasteiger partial charge in [-0.3, -0.25) is 4.79 Å². The lowest BCUT2D eigenvalue weighted by Gasteiger charge is -2.33. The van der Waals surface area contributed by atoms with Crippen LogP contribution in [-0.4, -0.2) is 45.2 Å². The number of likely N-dealkylation sites (N-methyl/N-ethyl adjacent to an activating group) is 1. The largest absolute Gasteiger partial charge is 0.481 e. The van der Waals surface area contributed by atoms with Crippen LogP contribution in [0.25, 0.3) is 0 Å². The highest BCUT2D eigenvalue weighted by Gasteiger charge is 2.22. The predicted molar refractivity (Wildman–Crippen MR) is 110 cm³/mol. The molecule has 27 heavy (non-hydrogen) atoms. The summed E-state index contributed by atoms with van der Waals surface area (Å²) in [7, 11) is 2.20. The molecule has 0 unspecified atom stereocenters. The molecule has 1 aliphatic rings. The third kappa shape index (κ3) is 5.15. The van der Waals surface area contributed by atoms with E-state index in [-0.39, 0.29) is 5.91 Å². The number of carbonyl (C=O) groups is 1. The molecule has 6 heteroatoms. The minimum Gasteiger partial charge on any atom is -0.481 e. The zero-order valence-corrected chi connectivity index (χ0v) is 16.8. The first kappa shape index (κ1) is 19.5. The average Bonchev–Trinajstić information content (AvgIpc) is 2.63. The summed E-state index contributed by atoms with van der Waals surface area (Å²) >= 11 is 6.18. The fourth-order valence-corrected chi connectivity index (χ4v) is 3.37. The summed E-state index contributed by atoms with van der Waals surface area (Å²) in [6.07, 6.45) is -0.615. The van der Waals surface area contributed by atoms with E-state index in [1.807, 2.05) is 43.3 Å². The number of amides is 1. The number of hydrogen-bond acceptors (Lipinski definition) is 3. The molecule has 1 atom stereocenters. The first-order valence-electron chi connectivity index (χ1n) is 9.32. The van der Waals surface area contributed by atoms with Crippen molar-refractivity contribution < 1.29 is 14.4 Å². The van der Waals surface area contributed by atoms with Crippen molar-refractivity contribution >= 4 is 28.9 Å². The summed E-state index contributed by atoms with van der Waals surface area (Å²) in [5, 5.41) is 3.60. The Bertz CT molecular complexity index is 804. The van der Waals surface area contributed by atoms with Crippen LogP contribution in [0.15, 0.2) is 42.5 Å². The minimum atomic E-state index is -0.615. The molecule has 1 saturated heterocycles. The molecule has 1 heterocycles. The first-order valence-corrected chi connectivity index (χ1v) is 9.70. The van der Waals surface area contributed by atoms with Crippen LogP contribution in [0.2, 0.25) is 5.02 Å². The van der Waals surface area contributed by atoms with Gasteiger partial charge in [-0.05, 0) is 49.7 Å². The van der Waals surface area contributed by atoms with Crippen molar-refractivity contribution in [2.75, 3.05) is 43.4 Å². The summed E-state index contributed by atoms with van der Waals surface area (Å²) in [5.41, 5.74) is 2.82. The highest BCUT2D eigenvalue weighted by atomic mass is 35.5. The number of quaternary nitrogens is 1. The van der Waals surface area contributed by atoms with E-state index in [0.717, 1.165) is 43.1 Å². The van der Waals surface area contributed by atoms with Crippen LogP contribution in [0.3, 0.4) is 0 Å². The number of ether oxygens (including phenoxy) is 1. The van der Waals surface area contributed by atoms with E-state index in [9.17, 15) is 4.79 Å². The molecular weight excluding hydrogens is 362 g/mol. The van der Waals surface area contributed by atoms with Gasteiger partial charge >= 0.3 is 0 Å². The summed E-state index contributed by atoms with van der Waals surface area (Å²) in [6, 6.07) is 13.3. The zero-order valence-electron chi connectivity index (χ0n) is 16.1. The molecule has 0 bridgehead atoms. The van der Waals surface area contributed by atoms with E-state index >= 15 is 0 Å². The van der Waals surface area contributed by atoms with E-state index < -0.39 is 6.10 Å². The van der Waals surface area contributed by atoms with Crippen molar-refractivity contribution in [1.82, 2.24) is 0 Å². The van der Waals surface area contributed by atoms with Gasteiger partial charge in [0.1, 0.15) is 5.75 Å². The Morgan fingerprint density at radius 3 is 2.67 bits per heavy atom. The second-order valence-corrected chi connectivity index (χ2v) is 7.61. The van der Waals surface area contributed by atoms with Gasteiger partial charge in [0.05, 0.1) is 44.6 Å². The number of rotatable bonds is 5. The molecule has 2 N–H and O–H groups in total. The fraction of sp³-hybridized carbons (Fsp3) is 0.381. The molecule has 144 valence electrons. The van der Waals surface area contributed by atoms with E-state index in [1.165, 1.54) is 4.90 Å². The standard InChI is InChI=1S/C21H26ClN3O2/c1-15-5-4-6-18(13-15)27-16(2)21(26)23-19-14-17(22)7-8-20(19)25-11-9-24(3)10-12-25/h4-8,13-14,16H,9-12H2,1-3H3,(H,23,26)/p+1/t16-/m1/s1. The third-order valence-corrected chi connectivity index (χ3v) is 5.08. The van der Waals surface area contributed by atoms with Crippen molar-refractivity contribution in [3.63, 3.8) is 0 Å². The van der Waals surface area contributed by atoms with Crippen molar-refractivity contribution in [2.24, 2.45) is 0 Å². The Morgan fingerprint density at radius 2 is 1.96 bits per heavy atom. The number of halogens is 1. The molecule has 0 spiro atoms. The van der Waals surface area contributed by atoms with Crippen LogP contribution < -0.4 is 19.9 Å². The second kappa shape index (κ2) is 8.63. The van der Waals surface area contributed by atoms with Crippen LogP contribution in [0.1, 0.15) is 12.5 Å². The molecule has 3 rings (SSSR count). The number of benzene rings is 2. The molecule has 0 radical (unpaired) electrons. The van der Waals surface area contributed by atoms with Gasteiger partial charge in [0.2, 0.25) is 0 Å². The highest BCUT2D eigenvalue weighted by molar-refractivity contribution is 6.31. The smallest absolute Gasteiger partial charge is 0.265 e. The number of nitrogens with one attached hydrogen (secondary N) is 2. The van der Waals surface area contributed by atoms with Gasteiger partial charge in [-0.25, -0.2) is 0 Å². The second-order valence-electron chi connectivity index (χ2n) is 7.17. The third-order valence-electron chi connectivity index (χ3n) is 4.85. The maximum absolute atomic E-state index is 12.7. The summed E-state index contributed by atoms with van der Waals surface area (Å²) in [4.78, 5) is 16.5. The number of nitrogens with zero attached hydrogens (tertiary/aromatic N) is 1. The number of carbonyl (C=O) groups excluding carboxylic acids is 1. The summed E-state index contributed by atoms with van der Waals surface area (Å²) in [5.74, 6) is 0.491. The van der Waals surface area contributed by atoms with E-state index in [1.54, 1.807) is 13.0 Å². The van der Waals surface area contributed by atoms with Crippen molar-refractivity contribution in [3.05, 3.63) is 53.1 Å². The van der Waals surface area contributed by atoms with Gasteiger partial charge in [-0.2, -0.15) is 0 Å². The number of piperazine rings is 1. The highest BCUT2D eigenvalue weighted by Crippen LogP contribution is 2.29. The number of aryl methyl sites for hydroxylation is 1. The number of anilines is 2. The van der Waals surface area contributed by atoms with Crippen LogP contribution in [-0.2, 0) is 4.79 Å². The van der Waals surface area contributed by atoms with E-state index in [0.29, 0.717) is 10.8 Å². The lowest BCUT2D eigenvalue weighted by Crippen LogP contribution is -3.12. The zero-order chi connectivity index (χ0) is 19.4. The Morgan fingerprint density at radius 1 is 1.22 bits per heavy atom. The maximum Gasteiger partial charge on any atom is 0.265 e. The van der Waals surface area contributed by atoms with Crippen molar-refractivity contribution in [3.8, 4) is 5.75 Å². The molecule has 0 saturated carbocycles. The Kier molecular flexibility index (Phi) is 6.24. The monoisotopic (exact) mass is 388 g/mol. The summed E-state index contributed by atoms with van der Waals surface area (Å²) in [6.45, 7) is 7.79. The Balaban J connectivity index is 1.72. The van der Waals surface area contributed by atoms with E-state index in [2.05, 4.69) is 17.3 Å². The molecule has 5 nitrogen and oxygen atoms in total. The summed E-state index contributed by atoms with van der Waals surface area (Å²) < 4.78 is 5.80. The average molecular weight is 389 g/mol. The molecule has 1 aliphatic heterocycles. The maximum atomic E-state index is 12.7. The van der Waals surface area contributed by atoms with Gasteiger partial charge in [-0.15, -0.1) is 0 Å².